The average Bonchev–Trinajstić information content (AvgIpc) is 3.28. The minimum Gasteiger partial charge on any atom is -0.496 e. The number of anilines is 1. The number of carboxylic acids is 1. The highest BCUT2D eigenvalue weighted by Crippen LogP contribution is 2.34. The number of halogens is 2. The van der Waals surface area contributed by atoms with Crippen LogP contribution in [0.4, 0.5) is 10.1 Å². The van der Waals surface area contributed by atoms with Crippen LogP contribution in [0.3, 0.4) is 0 Å². The van der Waals surface area contributed by atoms with Gasteiger partial charge in [-0.15, -0.1) is 0 Å². The summed E-state index contributed by atoms with van der Waals surface area (Å²) >= 11 is 6.18. The first-order valence-corrected chi connectivity index (χ1v) is 12.3. The Hall–Kier alpha value is -3.43. The molecular weight excluding hydrogens is 503 g/mol. The van der Waals surface area contributed by atoms with Gasteiger partial charge in [0.15, 0.2) is 0 Å². The van der Waals surface area contributed by atoms with Crippen LogP contribution in [-0.2, 0) is 11.2 Å². The summed E-state index contributed by atoms with van der Waals surface area (Å²) in [7, 11) is 1.44. The molecule has 1 fully saturated rings. The molecule has 1 aliphatic heterocycles. The molecule has 0 saturated carbocycles. The number of carboxylic acid groups (broad SMARTS) is 1. The molecule has 2 N–H and O–H groups in total. The number of aliphatic hydroxyl groups is 1. The summed E-state index contributed by atoms with van der Waals surface area (Å²) in [6.07, 6.45) is 2.32. The fraction of sp³-hybridized carbons (Fsp3) is 0.370. The van der Waals surface area contributed by atoms with E-state index in [2.05, 4.69) is 0 Å². The van der Waals surface area contributed by atoms with Gasteiger partial charge in [0, 0.05) is 42.7 Å². The van der Waals surface area contributed by atoms with Crippen molar-refractivity contribution in [3.8, 4) is 5.75 Å². The van der Waals surface area contributed by atoms with Gasteiger partial charge in [0.1, 0.15) is 17.1 Å². The fourth-order valence-electron chi connectivity index (χ4n) is 4.84. The third-order valence-electron chi connectivity index (χ3n) is 6.83. The van der Waals surface area contributed by atoms with Gasteiger partial charge in [-0.05, 0) is 41.7 Å². The Balaban J connectivity index is 1.91. The maximum absolute atomic E-state index is 15.1. The van der Waals surface area contributed by atoms with E-state index in [0.29, 0.717) is 41.9 Å². The second-order valence-corrected chi connectivity index (χ2v) is 9.89. The van der Waals surface area contributed by atoms with Crippen molar-refractivity contribution >= 4 is 40.1 Å². The van der Waals surface area contributed by atoms with Crippen molar-refractivity contribution in [3.05, 3.63) is 68.2 Å². The number of carbonyl (C=O) groups excluding carboxylic acids is 1. The number of methoxy groups -OCH3 is 1. The molecule has 0 spiro atoms. The third kappa shape index (κ3) is 4.93. The van der Waals surface area contributed by atoms with Gasteiger partial charge in [0.2, 0.25) is 11.3 Å². The largest absolute Gasteiger partial charge is 0.496 e. The monoisotopic (exact) mass is 530 g/mol. The van der Waals surface area contributed by atoms with Crippen LogP contribution in [0.25, 0.3) is 10.9 Å². The molecule has 37 heavy (non-hydrogen) atoms. The van der Waals surface area contributed by atoms with Crippen LogP contribution in [0.5, 0.6) is 5.75 Å². The topological polar surface area (TPSA) is 109 Å². The van der Waals surface area contributed by atoms with E-state index in [4.69, 9.17) is 16.3 Å². The predicted molar refractivity (Wildman–Crippen MR) is 138 cm³/mol. The molecule has 4 rings (SSSR count). The zero-order valence-corrected chi connectivity index (χ0v) is 21.5. The first kappa shape index (κ1) is 26.6. The average molecular weight is 531 g/mol. The molecule has 3 aromatic rings. The van der Waals surface area contributed by atoms with Crippen molar-refractivity contribution < 1.29 is 28.9 Å². The van der Waals surface area contributed by atoms with E-state index in [1.54, 1.807) is 21.6 Å². The Morgan fingerprint density at radius 3 is 2.49 bits per heavy atom. The van der Waals surface area contributed by atoms with E-state index >= 15 is 4.39 Å². The SMILES string of the molecule is COc1cc2c(cc1Cc1cc(N3CCCC3=O)cc(Cl)c1F)c(=O)c(C(=O)O)cn2C(CO)C(C)C. The van der Waals surface area contributed by atoms with Crippen LogP contribution in [0, 0.1) is 11.7 Å². The number of aliphatic hydroxyl groups excluding tert-OH is 1. The van der Waals surface area contributed by atoms with Gasteiger partial charge < -0.3 is 24.4 Å². The maximum Gasteiger partial charge on any atom is 0.341 e. The fourth-order valence-corrected chi connectivity index (χ4v) is 5.07. The molecule has 0 bridgehead atoms. The predicted octanol–water partition coefficient (Wildman–Crippen LogP) is 4.41. The van der Waals surface area contributed by atoms with E-state index in [-0.39, 0.29) is 40.8 Å². The number of amides is 1. The van der Waals surface area contributed by atoms with Gasteiger partial charge >= 0.3 is 5.97 Å². The number of hydrogen-bond acceptors (Lipinski definition) is 5. The summed E-state index contributed by atoms with van der Waals surface area (Å²) in [4.78, 5) is 38.8. The number of aromatic carboxylic acids is 1. The number of benzene rings is 2. The van der Waals surface area contributed by atoms with Crippen molar-refractivity contribution in [3.63, 3.8) is 0 Å². The van der Waals surface area contributed by atoms with Crippen LogP contribution >= 0.6 is 11.6 Å². The highest BCUT2D eigenvalue weighted by Gasteiger charge is 2.25. The summed E-state index contributed by atoms with van der Waals surface area (Å²) in [5.74, 6) is -1.84. The van der Waals surface area contributed by atoms with Crippen molar-refractivity contribution in [1.29, 1.82) is 0 Å². The number of ether oxygens (including phenoxy) is 1. The molecular formula is C27H28ClFN2O6. The van der Waals surface area contributed by atoms with Crippen LogP contribution in [-0.4, -0.2) is 46.9 Å². The molecule has 8 nitrogen and oxygen atoms in total. The van der Waals surface area contributed by atoms with Crippen molar-refractivity contribution in [1.82, 2.24) is 4.57 Å². The lowest BCUT2D eigenvalue weighted by atomic mass is 9.98. The molecule has 0 radical (unpaired) electrons. The van der Waals surface area contributed by atoms with Crippen LogP contribution in [0.1, 0.15) is 54.2 Å². The number of rotatable bonds is 8. The summed E-state index contributed by atoms with van der Waals surface area (Å²) in [5, 5.41) is 19.7. The Bertz CT molecular complexity index is 1450. The van der Waals surface area contributed by atoms with E-state index in [1.807, 2.05) is 13.8 Å². The molecule has 1 amide bonds. The molecule has 2 aromatic carbocycles. The van der Waals surface area contributed by atoms with Crippen LogP contribution < -0.4 is 15.1 Å². The summed E-state index contributed by atoms with van der Waals surface area (Å²) < 4.78 is 22.3. The number of fused-ring (bicyclic) bond motifs is 1. The molecule has 2 heterocycles. The summed E-state index contributed by atoms with van der Waals surface area (Å²) in [5.41, 5.74) is 0.376. The normalized spacial score (nSPS) is 14.6. The van der Waals surface area contributed by atoms with E-state index in [9.17, 15) is 24.6 Å². The standard InChI is InChI=1S/C27H28ClFN2O6/c1-14(2)22(13-32)31-12-19(27(35)36)26(34)18-9-15(23(37-3)11-21(18)31)7-16-8-17(10-20(28)25(16)29)30-6-4-5-24(30)33/h8-12,14,22,32H,4-7,13H2,1-3H3,(H,35,36). The molecule has 1 aliphatic rings. The number of hydrogen-bond donors (Lipinski definition) is 2. The Morgan fingerprint density at radius 2 is 1.92 bits per heavy atom. The number of pyridine rings is 1. The second-order valence-electron chi connectivity index (χ2n) is 9.49. The number of aromatic nitrogens is 1. The van der Waals surface area contributed by atoms with Gasteiger partial charge in [-0.3, -0.25) is 9.59 Å². The Morgan fingerprint density at radius 1 is 1.19 bits per heavy atom. The molecule has 196 valence electrons. The quantitative estimate of drug-likeness (QED) is 0.446. The summed E-state index contributed by atoms with van der Waals surface area (Å²) in [6, 6.07) is 5.56. The lowest BCUT2D eigenvalue weighted by Crippen LogP contribution is -2.25. The van der Waals surface area contributed by atoms with Gasteiger partial charge in [-0.1, -0.05) is 25.4 Å². The molecule has 1 aromatic heterocycles. The van der Waals surface area contributed by atoms with Crippen LogP contribution in [0.2, 0.25) is 5.02 Å². The third-order valence-corrected chi connectivity index (χ3v) is 7.11. The number of nitrogens with zero attached hydrogens (tertiary/aromatic N) is 2. The van der Waals surface area contributed by atoms with Gasteiger partial charge in [0.05, 0.1) is 30.3 Å². The maximum atomic E-state index is 15.1. The first-order valence-electron chi connectivity index (χ1n) is 12.0. The lowest BCUT2D eigenvalue weighted by molar-refractivity contribution is -0.117. The second kappa shape index (κ2) is 10.5. The molecule has 0 aliphatic carbocycles. The Kier molecular flexibility index (Phi) is 7.57. The van der Waals surface area contributed by atoms with Crippen molar-refractivity contribution in [2.45, 2.75) is 39.2 Å². The van der Waals surface area contributed by atoms with Gasteiger partial charge in [0.25, 0.3) is 0 Å². The zero-order chi connectivity index (χ0) is 27.0. The van der Waals surface area contributed by atoms with E-state index in [1.165, 1.54) is 25.4 Å². The minimum absolute atomic E-state index is 0.0229. The number of carbonyl (C=O) groups is 2. The Labute approximate surface area is 217 Å². The van der Waals surface area contributed by atoms with E-state index in [0.717, 1.165) is 0 Å². The lowest BCUT2D eigenvalue weighted by Gasteiger charge is -2.25. The van der Waals surface area contributed by atoms with E-state index < -0.39 is 28.8 Å². The zero-order valence-electron chi connectivity index (χ0n) is 20.8. The molecule has 10 heteroatoms. The highest BCUT2D eigenvalue weighted by atomic mass is 35.5. The summed E-state index contributed by atoms with van der Waals surface area (Å²) in [6.45, 7) is 3.99. The smallest absolute Gasteiger partial charge is 0.341 e. The molecule has 1 unspecified atom stereocenters. The minimum atomic E-state index is -1.39. The van der Waals surface area contributed by atoms with Crippen molar-refractivity contribution in [2.24, 2.45) is 5.92 Å². The molecule has 1 saturated heterocycles. The molecule has 1 atom stereocenters. The van der Waals surface area contributed by atoms with Gasteiger partial charge in [-0.25, -0.2) is 9.18 Å². The highest BCUT2D eigenvalue weighted by molar-refractivity contribution is 6.31. The van der Waals surface area contributed by atoms with Crippen LogP contribution in [0.15, 0.2) is 35.3 Å². The van der Waals surface area contributed by atoms with Gasteiger partial charge in [-0.2, -0.15) is 0 Å². The van der Waals surface area contributed by atoms with Crippen molar-refractivity contribution in [2.75, 3.05) is 25.2 Å². The first-order chi connectivity index (χ1) is 17.6.